The van der Waals surface area contributed by atoms with Crippen LogP contribution in [0.1, 0.15) is 28.4 Å². The molecule has 0 spiro atoms. The highest BCUT2D eigenvalue weighted by atomic mass is 19.1. The molecular formula is C23H24FN5O4. The van der Waals surface area contributed by atoms with Crippen molar-refractivity contribution in [3.63, 3.8) is 0 Å². The highest BCUT2D eigenvalue weighted by molar-refractivity contribution is 6.06. The lowest BCUT2D eigenvalue weighted by Crippen LogP contribution is -2.38. The summed E-state index contributed by atoms with van der Waals surface area (Å²) in [5.74, 6) is -0.694. The molecule has 172 valence electrons. The first-order valence-corrected chi connectivity index (χ1v) is 10.7. The predicted molar refractivity (Wildman–Crippen MR) is 118 cm³/mol. The second kappa shape index (κ2) is 9.16. The highest BCUT2D eigenvalue weighted by Gasteiger charge is 2.35. The van der Waals surface area contributed by atoms with E-state index < -0.39 is 5.82 Å². The molecule has 1 aromatic carbocycles. The van der Waals surface area contributed by atoms with Crippen molar-refractivity contribution in [3.8, 4) is 17.1 Å². The Morgan fingerprint density at radius 1 is 1.30 bits per heavy atom. The summed E-state index contributed by atoms with van der Waals surface area (Å²) in [6.07, 6.45) is 3.68. The van der Waals surface area contributed by atoms with Gasteiger partial charge < -0.3 is 29.8 Å². The number of methoxy groups -OCH3 is 1. The molecule has 2 atom stereocenters. The normalized spacial score (nSPS) is 20.1. The average molecular weight is 453 g/mol. The number of carbonyl (C=O) groups excluding carboxylic acids is 1. The minimum atomic E-state index is -0.507. The average Bonchev–Trinajstić information content (AvgIpc) is 3.23. The number of rotatable bonds is 6. The van der Waals surface area contributed by atoms with Crippen molar-refractivity contribution < 1.29 is 23.4 Å². The molecule has 9 nitrogen and oxygen atoms in total. The van der Waals surface area contributed by atoms with E-state index in [-0.39, 0.29) is 23.7 Å². The molecule has 2 aliphatic rings. The number of para-hydroxylation sites is 1. The molecule has 2 aromatic heterocycles. The molecule has 0 saturated carbocycles. The minimum Gasteiger partial charge on any atom is -0.492 e. The van der Waals surface area contributed by atoms with Gasteiger partial charge in [0, 0.05) is 24.4 Å². The van der Waals surface area contributed by atoms with Gasteiger partial charge in [-0.3, -0.25) is 4.79 Å². The van der Waals surface area contributed by atoms with E-state index in [4.69, 9.17) is 14.2 Å². The number of fused-ring (bicyclic) bond motifs is 1. The fourth-order valence-electron chi connectivity index (χ4n) is 4.36. The van der Waals surface area contributed by atoms with E-state index in [9.17, 15) is 9.18 Å². The number of carbonyl (C=O) groups is 1. The third kappa shape index (κ3) is 4.14. The minimum absolute atomic E-state index is 0.0186. The maximum absolute atomic E-state index is 14.3. The van der Waals surface area contributed by atoms with Crippen molar-refractivity contribution in [2.75, 3.05) is 38.8 Å². The summed E-state index contributed by atoms with van der Waals surface area (Å²) in [4.78, 5) is 24.8. The summed E-state index contributed by atoms with van der Waals surface area (Å²) < 4.78 is 31.0. The van der Waals surface area contributed by atoms with Crippen LogP contribution in [-0.4, -0.2) is 60.4 Å². The maximum atomic E-state index is 14.3. The van der Waals surface area contributed by atoms with Crippen LogP contribution in [0, 0.1) is 5.82 Å². The zero-order valence-electron chi connectivity index (χ0n) is 18.1. The number of halogens is 1. The van der Waals surface area contributed by atoms with E-state index in [1.807, 2.05) is 0 Å². The summed E-state index contributed by atoms with van der Waals surface area (Å²) in [6.45, 7) is 2.13. The molecule has 10 heteroatoms. The molecule has 0 radical (unpaired) electrons. The SMILES string of the molecule is COc1c(F)cccc1Nc1c(-c2ccncn2)[nH]c2c1C(=O)NC[C@H]2C[C@H]1COCCO1. The number of nitrogens with zero attached hydrogens (tertiary/aromatic N) is 2. The summed E-state index contributed by atoms with van der Waals surface area (Å²) in [5.41, 5.74) is 3.34. The van der Waals surface area contributed by atoms with Crippen LogP contribution in [0.15, 0.2) is 36.8 Å². The second-order valence-corrected chi connectivity index (χ2v) is 7.91. The molecule has 3 aromatic rings. The smallest absolute Gasteiger partial charge is 0.255 e. The lowest BCUT2D eigenvalue weighted by Gasteiger charge is -2.29. The van der Waals surface area contributed by atoms with E-state index in [1.165, 1.54) is 19.5 Å². The van der Waals surface area contributed by atoms with Crippen LogP contribution in [0.5, 0.6) is 5.75 Å². The molecule has 1 amide bonds. The first-order valence-electron chi connectivity index (χ1n) is 10.7. The standard InChI is InChI=1S/C23H24FN5O4/c1-31-22-15(24)3-2-4-17(22)28-21-18-19(29-20(21)16-5-6-25-12-27-16)13(10-26-23(18)30)9-14-11-32-7-8-33-14/h2-6,12-14,28-29H,7-11H2,1H3,(H,26,30)/t13-,14+/m1/s1. The van der Waals surface area contributed by atoms with Crippen LogP contribution < -0.4 is 15.4 Å². The Labute approximate surface area is 189 Å². The molecule has 4 heterocycles. The zero-order chi connectivity index (χ0) is 22.8. The third-order valence-electron chi connectivity index (χ3n) is 5.87. The summed E-state index contributed by atoms with van der Waals surface area (Å²) >= 11 is 0. The Kier molecular flexibility index (Phi) is 5.93. The number of hydrogen-bond acceptors (Lipinski definition) is 7. The molecule has 1 saturated heterocycles. The van der Waals surface area contributed by atoms with Crippen LogP contribution in [-0.2, 0) is 9.47 Å². The Morgan fingerprint density at radius 3 is 2.97 bits per heavy atom. The van der Waals surface area contributed by atoms with Gasteiger partial charge in [-0.25, -0.2) is 14.4 Å². The van der Waals surface area contributed by atoms with Gasteiger partial charge in [0.2, 0.25) is 0 Å². The molecule has 5 rings (SSSR count). The van der Waals surface area contributed by atoms with Crippen molar-refractivity contribution in [1.82, 2.24) is 20.3 Å². The van der Waals surface area contributed by atoms with Gasteiger partial charge in [0.25, 0.3) is 5.91 Å². The first-order chi connectivity index (χ1) is 16.2. The number of benzene rings is 1. The number of hydrogen-bond donors (Lipinski definition) is 3. The number of nitrogens with one attached hydrogen (secondary N) is 3. The zero-order valence-corrected chi connectivity index (χ0v) is 18.1. The van der Waals surface area contributed by atoms with E-state index >= 15 is 0 Å². The third-order valence-corrected chi connectivity index (χ3v) is 5.87. The van der Waals surface area contributed by atoms with Crippen molar-refractivity contribution in [1.29, 1.82) is 0 Å². The fraction of sp³-hybridized carbons (Fsp3) is 0.348. The molecule has 0 aliphatic carbocycles. The Morgan fingerprint density at radius 2 is 2.21 bits per heavy atom. The van der Waals surface area contributed by atoms with Crippen molar-refractivity contribution in [2.24, 2.45) is 0 Å². The number of aromatic nitrogens is 3. The van der Waals surface area contributed by atoms with Gasteiger partial charge in [-0.1, -0.05) is 6.07 Å². The van der Waals surface area contributed by atoms with Crippen LogP contribution in [0.3, 0.4) is 0 Å². The largest absolute Gasteiger partial charge is 0.492 e. The van der Waals surface area contributed by atoms with E-state index in [0.29, 0.717) is 61.1 Å². The van der Waals surface area contributed by atoms with Gasteiger partial charge in [-0.2, -0.15) is 0 Å². The van der Waals surface area contributed by atoms with Crippen LogP contribution >= 0.6 is 0 Å². The predicted octanol–water partition coefficient (Wildman–Crippen LogP) is 3.00. The first kappa shape index (κ1) is 21.4. The van der Waals surface area contributed by atoms with Crippen LogP contribution in [0.4, 0.5) is 15.8 Å². The number of aromatic amines is 1. The van der Waals surface area contributed by atoms with Crippen molar-refractivity contribution in [2.45, 2.75) is 18.4 Å². The summed E-state index contributed by atoms with van der Waals surface area (Å²) in [6, 6.07) is 6.33. The lowest BCUT2D eigenvalue weighted by atomic mass is 9.91. The molecule has 0 unspecified atom stereocenters. The molecule has 0 bridgehead atoms. The Balaban J connectivity index is 1.60. The molecular weight excluding hydrogens is 429 g/mol. The summed E-state index contributed by atoms with van der Waals surface area (Å²) in [7, 11) is 1.40. The van der Waals surface area contributed by atoms with Gasteiger partial charge in [0.15, 0.2) is 11.6 Å². The Hall–Kier alpha value is -3.50. The summed E-state index contributed by atoms with van der Waals surface area (Å²) in [5, 5.41) is 6.20. The van der Waals surface area contributed by atoms with Crippen molar-refractivity contribution >= 4 is 17.3 Å². The highest BCUT2D eigenvalue weighted by Crippen LogP contribution is 2.42. The quantitative estimate of drug-likeness (QED) is 0.526. The molecule has 2 aliphatic heterocycles. The van der Waals surface area contributed by atoms with E-state index in [0.717, 1.165) is 5.69 Å². The molecule has 1 fully saturated rings. The van der Waals surface area contributed by atoms with Crippen molar-refractivity contribution in [3.05, 3.63) is 53.9 Å². The van der Waals surface area contributed by atoms with Gasteiger partial charge in [-0.05, 0) is 24.6 Å². The van der Waals surface area contributed by atoms with Gasteiger partial charge in [0.05, 0.1) is 61.4 Å². The number of amides is 1. The second-order valence-electron chi connectivity index (χ2n) is 7.91. The van der Waals surface area contributed by atoms with Crippen LogP contribution in [0.25, 0.3) is 11.4 Å². The maximum Gasteiger partial charge on any atom is 0.255 e. The fourth-order valence-corrected chi connectivity index (χ4v) is 4.36. The van der Waals surface area contributed by atoms with Gasteiger partial charge in [0.1, 0.15) is 6.33 Å². The monoisotopic (exact) mass is 453 g/mol. The number of anilines is 2. The van der Waals surface area contributed by atoms with Gasteiger partial charge in [-0.15, -0.1) is 0 Å². The Bertz CT molecular complexity index is 1150. The van der Waals surface area contributed by atoms with Gasteiger partial charge >= 0.3 is 0 Å². The lowest BCUT2D eigenvalue weighted by molar-refractivity contribution is -0.0928. The van der Waals surface area contributed by atoms with E-state index in [1.54, 1.807) is 24.4 Å². The number of ether oxygens (including phenoxy) is 3. The van der Waals surface area contributed by atoms with Crippen LogP contribution in [0.2, 0.25) is 0 Å². The van der Waals surface area contributed by atoms with E-state index in [2.05, 4.69) is 25.6 Å². The number of H-pyrrole nitrogens is 1. The topological polar surface area (TPSA) is 110 Å². The molecule has 3 N–H and O–H groups in total. The molecule has 33 heavy (non-hydrogen) atoms.